The zero-order valence-corrected chi connectivity index (χ0v) is 15.8. The average molecular weight is 376 g/mol. The molecule has 2 aromatic carbocycles. The maximum atomic E-state index is 13.3. The lowest BCUT2D eigenvalue weighted by Crippen LogP contribution is -2.14. The van der Waals surface area contributed by atoms with E-state index in [9.17, 15) is 9.18 Å². The zero-order valence-electron chi connectivity index (χ0n) is 15.8. The van der Waals surface area contributed by atoms with Crippen molar-refractivity contribution in [2.24, 2.45) is 0 Å². The Labute approximate surface area is 162 Å². The fraction of sp³-hybridized carbons (Fsp3) is 0.182. The van der Waals surface area contributed by atoms with Crippen LogP contribution in [-0.2, 0) is 17.8 Å². The number of fused-ring (bicyclic) bond motifs is 1. The number of anilines is 1. The number of para-hydroxylation sites is 1. The van der Waals surface area contributed by atoms with E-state index in [0.717, 1.165) is 17.9 Å². The van der Waals surface area contributed by atoms with Crippen LogP contribution in [0.4, 0.5) is 10.2 Å². The fourth-order valence-electron chi connectivity index (χ4n) is 3.68. The number of carbonyl (C=O) groups is 1. The van der Waals surface area contributed by atoms with E-state index in [1.54, 1.807) is 12.1 Å². The quantitative estimate of drug-likeness (QED) is 0.531. The van der Waals surface area contributed by atoms with Crippen LogP contribution >= 0.6 is 0 Å². The van der Waals surface area contributed by atoms with E-state index in [4.69, 9.17) is 0 Å². The van der Waals surface area contributed by atoms with Crippen molar-refractivity contribution in [3.05, 3.63) is 71.5 Å². The van der Waals surface area contributed by atoms with Gasteiger partial charge in [-0.2, -0.15) is 5.10 Å². The maximum absolute atomic E-state index is 13.3. The van der Waals surface area contributed by atoms with Gasteiger partial charge in [0, 0.05) is 23.5 Å². The minimum absolute atomic E-state index is 0.0915. The van der Waals surface area contributed by atoms with Crippen molar-refractivity contribution in [3.63, 3.8) is 0 Å². The van der Waals surface area contributed by atoms with E-state index in [0.29, 0.717) is 11.4 Å². The van der Waals surface area contributed by atoms with Gasteiger partial charge >= 0.3 is 0 Å². The molecule has 0 unspecified atom stereocenters. The Hall–Kier alpha value is -3.41. The SMILES string of the molecule is CCn1c(-c2cc(NC(=O)Cc3cccc(F)c3)n[nH]2)c(C)c2ccccc21. The predicted molar refractivity (Wildman–Crippen MR) is 109 cm³/mol. The van der Waals surface area contributed by atoms with Gasteiger partial charge in [-0.15, -0.1) is 0 Å². The number of aryl methyl sites for hydroxylation is 2. The number of rotatable bonds is 5. The summed E-state index contributed by atoms with van der Waals surface area (Å²) in [5, 5.41) is 11.2. The van der Waals surface area contributed by atoms with Crippen LogP contribution in [0.1, 0.15) is 18.1 Å². The van der Waals surface area contributed by atoms with Crippen molar-refractivity contribution in [1.82, 2.24) is 14.8 Å². The first-order valence-electron chi connectivity index (χ1n) is 9.24. The highest BCUT2D eigenvalue weighted by molar-refractivity contribution is 5.93. The summed E-state index contributed by atoms with van der Waals surface area (Å²) < 4.78 is 15.5. The molecular weight excluding hydrogens is 355 g/mol. The van der Waals surface area contributed by atoms with Crippen LogP contribution in [0.25, 0.3) is 22.3 Å². The van der Waals surface area contributed by atoms with E-state index in [1.807, 2.05) is 18.2 Å². The van der Waals surface area contributed by atoms with Crippen LogP contribution in [0, 0.1) is 12.7 Å². The van der Waals surface area contributed by atoms with E-state index < -0.39 is 0 Å². The normalized spacial score (nSPS) is 11.1. The summed E-state index contributed by atoms with van der Waals surface area (Å²) in [6.07, 6.45) is 0.0915. The third-order valence-corrected chi connectivity index (χ3v) is 4.89. The lowest BCUT2D eigenvalue weighted by molar-refractivity contribution is -0.115. The van der Waals surface area contributed by atoms with E-state index >= 15 is 0 Å². The van der Waals surface area contributed by atoms with Crippen LogP contribution in [-0.4, -0.2) is 20.7 Å². The van der Waals surface area contributed by atoms with E-state index in [-0.39, 0.29) is 18.1 Å². The van der Waals surface area contributed by atoms with Gasteiger partial charge < -0.3 is 9.88 Å². The van der Waals surface area contributed by atoms with Gasteiger partial charge in [-0.1, -0.05) is 30.3 Å². The highest BCUT2D eigenvalue weighted by Crippen LogP contribution is 2.33. The molecule has 0 spiro atoms. The molecule has 6 heteroatoms. The number of aromatic nitrogens is 3. The van der Waals surface area contributed by atoms with Crippen molar-refractivity contribution >= 4 is 22.6 Å². The minimum Gasteiger partial charge on any atom is -0.339 e. The Morgan fingerprint density at radius 3 is 2.79 bits per heavy atom. The highest BCUT2D eigenvalue weighted by atomic mass is 19.1. The summed E-state index contributed by atoms with van der Waals surface area (Å²) >= 11 is 0. The van der Waals surface area contributed by atoms with Crippen LogP contribution < -0.4 is 5.32 Å². The number of carbonyl (C=O) groups excluding carboxylic acids is 1. The summed E-state index contributed by atoms with van der Waals surface area (Å²) in [4.78, 5) is 12.3. The molecule has 0 radical (unpaired) electrons. The van der Waals surface area contributed by atoms with Crippen molar-refractivity contribution < 1.29 is 9.18 Å². The number of halogens is 1. The Morgan fingerprint density at radius 2 is 2.00 bits per heavy atom. The van der Waals surface area contributed by atoms with Crippen molar-refractivity contribution in [2.45, 2.75) is 26.8 Å². The molecule has 1 amide bonds. The summed E-state index contributed by atoms with van der Waals surface area (Å²) in [6.45, 7) is 5.02. The lowest BCUT2D eigenvalue weighted by Gasteiger charge is -2.06. The zero-order chi connectivity index (χ0) is 19.7. The monoisotopic (exact) mass is 376 g/mol. The standard InChI is InChI=1S/C22H21FN4O/c1-3-27-19-10-5-4-9-17(19)14(2)22(27)18-13-20(26-25-18)24-21(28)12-15-7-6-8-16(23)11-15/h4-11,13H,3,12H2,1-2H3,(H2,24,25,26,28). The molecule has 28 heavy (non-hydrogen) atoms. The molecule has 5 nitrogen and oxygen atoms in total. The molecule has 0 bridgehead atoms. The molecule has 0 aliphatic rings. The largest absolute Gasteiger partial charge is 0.339 e. The molecule has 4 rings (SSSR count). The van der Waals surface area contributed by atoms with Crippen LogP contribution in [0.3, 0.4) is 0 Å². The fourth-order valence-corrected chi connectivity index (χ4v) is 3.68. The van der Waals surface area contributed by atoms with Crippen LogP contribution in [0.15, 0.2) is 54.6 Å². The van der Waals surface area contributed by atoms with Gasteiger partial charge in [0.2, 0.25) is 5.91 Å². The summed E-state index contributed by atoms with van der Waals surface area (Å²) in [5.74, 6) is -0.143. The molecule has 2 N–H and O–H groups in total. The number of hydrogen-bond donors (Lipinski definition) is 2. The molecule has 0 fully saturated rings. The molecule has 0 atom stereocenters. The Bertz CT molecular complexity index is 1160. The number of amides is 1. The van der Waals surface area contributed by atoms with Gasteiger partial charge in [0.1, 0.15) is 5.82 Å². The second-order valence-corrected chi connectivity index (χ2v) is 6.76. The molecule has 2 aromatic heterocycles. The second kappa shape index (κ2) is 7.31. The second-order valence-electron chi connectivity index (χ2n) is 6.76. The molecule has 0 aliphatic heterocycles. The third kappa shape index (κ3) is 3.29. The van der Waals surface area contributed by atoms with Gasteiger partial charge in [-0.3, -0.25) is 9.89 Å². The lowest BCUT2D eigenvalue weighted by atomic mass is 10.1. The topological polar surface area (TPSA) is 62.7 Å². The number of nitrogens with zero attached hydrogens (tertiary/aromatic N) is 2. The molecule has 2 heterocycles. The van der Waals surface area contributed by atoms with Crippen LogP contribution in [0.5, 0.6) is 0 Å². The first-order valence-corrected chi connectivity index (χ1v) is 9.24. The first-order chi connectivity index (χ1) is 13.6. The predicted octanol–water partition coefficient (Wildman–Crippen LogP) is 4.68. The summed E-state index contributed by atoms with van der Waals surface area (Å²) in [5.41, 5.74) is 4.86. The van der Waals surface area contributed by atoms with E-state index in [1.165, 1.54) is 28.6 Å². The number of aromatic amines is 1. The van der Waals surface area contributed by atoms with Gasteiger partial charge in [-0.25, -0.2) is 4.39 Å². The molecule has 4 aromatic rings. The van der Waals surface area contributed by atoms with Gasteiger partial charge in [0.25, 0.3) is 0 Å². The van der Waals surface area contributed by atoms with Crippen molar-refractivity contribution in [3.8, 4) is 11.4 Å². The Balaban J connectivity index is 1.59. The number of nitrogens with one attached hydrogen (secondary N) is 2. The number of H-pyrrole nitrogens is 1. The first kappa shape index (κ1) is 18.0. The summed E-state index contributed by atoms with van der Waals surface area (Å²) in [6, 6.07) is 16.1. The number of benzene rings is 2. The maximum Gasteiger partial charge on any atom is 0.229 e. The van der Waals surface area contributed by atoms with Gasteiger partial charge in [0.15, 0.2) is 5.82 Å². The van der Waals surface area contributed by atoms with Crippen molar-refractivity contribution in [1.29, 1.82) is 0 Å². The number of hydrogen-bond acceptors (Lipinski definition) is 2. The molecule has 0 aliphatic carbocycles. The van der Waals surface area contributed by atoms with Crippen LogP contribution in [0.2, 0.25) is 0 Å². The Morgan fingerprint density at radius 1 is 1.18 bits per heavy atom. The minimum atomic E-state index is -0.352. The smallest absolute Gasteiger partial charge is 0.229 e. The Kier molecular flexibility index (Phi) is 4.69. The van der Waals surface area contributed by atoms with Gasteiger partial charge in [-0.05, 0) is 43.2 Å². The van der Waals surface area contributed by atoms with Crippen molar-refractivity contribution in [2.75, 3.05) is 5.32 Å². The molecule has 142 valence electrons. The molecule has 0 saturated heterocycles. The third-order valence-electron chi connectivity index (χ3n) is 4.89. The highest BCUT2D eigenvalue weighted by Gasteiger charge is 2.17. The van der Waals surface area contributed by atoms with Gasteiger partial charge in [0.05, 0.1) is 17.8 Å². The van der Waals surface area contributed by atoms with E-state index in [2.05, 4.69) is 46.1 Å². The average Bonchev–Trinajstić information content (AvgIpc) is 3.24. The molecule has 0 saturated carbocycles. The molecular formula is C22H21FN4O. The summed E-state index contributed by atoms with van der Waals surface area (Å²) in [7, 11) is 0.